The molecule has 17 heavy (non-hydrogen) atoms. The second kappa shape index (κ2) is 4.30. The minimum atomic E-state index is -0.997. The van der Waals surface area contributed by atoms with Crippen molar-refractivity contribution < 1.29 is 0 Å². The lowest BCUT2D eigenvalue weighted by atomic mass is 10.0. The second-order valence-corrected chi connectivity index (χ2v) is 8.80. The molecule has 0 heterocycles. The second-order valence-electron chi connectivity index (χ2n) is 5.49. The summed E-state index contributed by atoms with van der Waals surface area (Å²) in [7, 11) is -0.997. The highest BCUT2D eigenvalue weighted by atomic mass is 28.3. The van der Waals surface area contributed by atoms with Crippen LogP contribution in [-0.4, -0.2) is 8.80 Å². The van der Waals surface area contributed by atoms with Crippen molar-refractivity contribution in [2.45, 2.75) is 39.3 Å². The Morgan fingerprint density at radius 3 is 2.06 bits per heavy atom. The van der Waals surface area contributed by atoms with Crippen molar-refractivity contribution in [3.63, 3.8) is 0 Å². The molecule has 0 amide bonds. The lowest BCUT2D eigenvalue weighted by molar-refractivity contribution is 0.878. The van der Waals surface area contributed by atoms with E-state index in [0.29, 0.717) is 5.04 Å². The van der Waals surface area contributed by atoms with E-state index in [-0.39, 0.29) is 0 Å². The maximum absolute atomic E-state index is 2.50. The highest BCUT2D eigenvalue weighted by Gasteiger charge is 2.37. The van der Waals surface area contributed by atoms with Gasteiger partial charge in [-0.05, 0) is 26.3 Å². The maximum atomic E-state index is 2.50. The average Bonchev–Trinajstić information content (AvgIpc) is 2.55. The molecule has 1 heteroatoms. The molecule has 1 aromatic carbocycles. The van der Waals surface area contributed by atoms with E-state index in [0.717, 1.165) is 0 Å². The topological polar surface area (TPSA) is 0 Å². The van der Waals surface area contributed by atoms with Crippen molar-refractivity contribution >= 4 is 14.0 Å². The van der Waals surface area contributed by atoms with Crippen molar-refractivity contribution in [2.75, 3.05) is 0 Å². The Balaban J connectivity index is 2.43. The van der Waals surface area contributed by atoms with Gasteiger partial charge in [0.25, 0.3) is 0 Å². The van der Waals surface area contributed by atoms with Gasteiger partial charge < -0.3 is 0 Å². The molecule has 0 nitrogen and oxygen atoms in total. The van der Waals surface area contributed by atoms with E-state index in [1.807, 2.05) is 0 Å². The number of benzene rings is 1. The fourth-order valence-corrected chi connectivity index (χ4v) is 5.76. The minimum Gasteiger partial charge on any atom is -0.0740 e. The fourth-order valence-electron chi connectivity index (χ4n) is 2.90. The molecule has 0 saturated carbocycles. The number of rotatable bonds is 2. The summed E-state index contributed by atoms with van der Waals surface area (Å²) in [6.45, 7) is 11.7. The zero-order valence-electron chi connectivity index (χ0n) is 11.5. The minimum absolute atomic E-state index is 0.315. The highest BCUT2D eigenvalue weighted by Crippen LogP contribution is 2.48. The Morgan fingerprint density at radius 2 is 1.59 bits per heavy atom. The van der Waals surface area contributed by atoms with Crippen molar-refractivity contribution in [1.82, 2.24) is 0 Å². The molecule has 0 aliphatic heterocycles. The first-order valence-electron chi connectivity index (χ1n) is 6.39. The van der Waals surface area contributed by atoms with Crippen LogP contribution in [0.25, 0.3) is 0 Å². The fraction of sp³-hybridized carbons (Fsp3) is 0.375. The quantitative estimate of drug-likeness (QED) is 0.692. The molecule has 1 aliphatic rings. The summed E-state index contributed by atoms with van der Waals surface area (Å²) < 4.78 is 0. The predicted octanol–water partition coefficient (Wildman–Crippen LogP) is 3.81. The van der Waals surface area contributed by atoms with Gasteiger partial charge in [-0.3, -0.25) is 0 Å². The van der Waals surface area contributed by atoms with Gasteiger partial charge in [-0.2, -0.15) is 0 Å². The third-order valence-corrected chi connectivity index (χ3v) is 8.46. The molecule has 0 saturated heterocycles. The Morgan fingerprint density at radius 1 is 1.00 bits per heavy atom. The summed E-state index contributed by atoms with van der Waals surface area (Å²) in [5.74, 6) is 0. The number of hydrogen-bond acceptors (Lipinski definition) is 0. The van der Waals surface area contributed by atoms with Crippen molar-refractivity contribution in [3.8, 4) is 0 Å². The van der Waals surface area contributed by atoms with Gasteiger partial charge in [-0.1, -0.05) is 66.2 Å². The Labute approximate surface area is 107 Å². The summed E-state index contributed by atoms with van der Waals surface area (Å²) in [4.78, 5) is 0. The van der Waals surface area contributed by atoms with Crippen LogP contribution in [0.2, 0.25) is 11.6 Å². The normalized spacial score (nSPS) is 26.1. The largest absolute Gasteiger partial charge is 0.0825 e. The standard InChI is InChI=1S/C16H22Si/c1-12-11-16(4,14(3)13(12)2)17(5)15-9-7-6-8-10-15/h6-11,17H,1-5H3. The first-order valence-corrected chi connectivity index (χ1v) is 8.70. The highest BCUT2D eigenvalue weighted by molar-refractivity contribution is 6.76. The molecular weight excluding hydrogens is 220 g/mol. The molecule has 0 fully saturated rings. The van der Waals surface area contributed by atoms with Gasteiger partial charge in [-0.15, -0.1) is 0 Å². The molecule has 0 spiro atoms. The van der Waals surface area contributed by atoms with Crippen LogP contribution in [0.3, 0.4) is 0 Å². The van der Waals surface area contributed by atoms with Crippen LogP contribution >= 0.6 is 0 Å². The number of hydrogen-bond donors (Lipinski definition) is 0. The molecule has 2 atom stereocenters. The molecule has 0 bridgehead atoms. The van der Waals surface area contributed by atoms with Crippen LogP contribution in [0.15, 0.2) is 53.1 Å². The van der Waals surface area contributed by atoms with Gasteiger partial charge in [-0.25, -0.2) is 0 Å². The number of allylic oxidation sites excluding steroid dienone is 4. The zero-order valence-corrected chi connectivity index (χ0v) is 12.7. The van der Waals surface area contributed by atoms with Crippen LogP contribution in [0, 0.1) is 0 Å². The van der Waals surface area contributed by atoms with E-state index in [4.69, 9.17) is 0 Å². The van der Waals surface area contributed by atoms with Gasteiger partial charge in [0.15, 0.2) is 0 Å². The first kappa shape index (κ1) is 12.4. The van der Waals surface area contributed by atoms with E-state index in [2.05, 4.69) is 70.6 Å². The molecule has 2 unspecified atom stereocenters. The van der Waals surface area contributed by atoms with Crippen molar-refractivity contribution in [3.05, 3.63) is 53.1 Å². The summed E-state index contributed by atoms with van der Waals surface area (Å²) >= 11 is 0. The predicted molar refractivity (Wildman–Crippen MR) is 79.6 cm³/mol. The third-order valence-electron chi connectivity index (χ3n) is 4.68. The lowest BCUT2D eigenvalue weighted by Gasteiger charge is -2.31. The van der Waals surface area contributed by atoms with Crippen molar-refractivity contribution in [2.24, 2.45) is 0 Å². The molecule has 90 valence electrons. The van der Waals surface area contributed by atoms with E-state index in [9.17, 15) is 0 Å². The SMILES string of the molecule is CC1=CC(C)([SiH](C)c2ccccc2)C(C)=C1C. The van der Waals surface area contributed by atoms with E-state index in [1.54, 1.807) is 10.8 Å². The summed E-state index contributed by atoms with van der Waals surface area (Å²) in [5.41, 5.74) is 4.56. The van der Waals surface area contributed by atoms with Crippen LogP contribution < -0.4 is 5.19 Å². The van der Waals surface area contributed by atoms with Gasteiger partial charge in [0, 0.05) is 5.04 Å². The van der Waals surface area contributed by atoms with E-state index < -0.39 is 8.80 Å². The van der Waals surface area contributed by atoms with E-state index in [1.165, 1.54) is 11.1 Å². The summed E-state index contributed by atoms with van der Waals surface area (Å²) in [5, 5.41) is 1.88. The molecule has 1 aliphatic carbocycles. The summed E-state index contributed by atoms with van der Waals surface area (Å²) in [6, 6.07) is 11.0. The van der Waals surface area contributed by atoms with E-state index >= 15 is 0 Å². The van der Waals surface area contributed by atoms with Gasteiger partial charge >= 0.3 is 0 Å². The van der Waals surface area contributed by atoms with Gasteiger partial charge in [0.05, 0.1) is 8.80 Å². The van der Waals surface area contributed by atoms with Gasteiger partial charge in [0.2, 0.25) is 0 Å². The maximum Gasteiger partial charge on any atom is 0.0825 e. The van der Waals surface area contributed by atoms with Crippen LogP contribution in [0.1, 0.15) is 27.7 Å². The Bertz CT molecular complexity index is 482. The molecule has 0 aromatic heterocycles. The first-order chi connectivity index (χ1) is 7.97. The molecule has 0 radical (unpaired) electrons. The van der Waals surface area contributed by atoms with Crippen LogP contribution in [-0.2, 0) is 0 Å². The summed E-state index contributed by atoms with van der Waals surface area (Å²) in [6.07, 6.45) is 2.50. The van der Waals surface area contributed by atoms with Crippen LogP contribution in [0.5, 0.6) is 0 Å². The van der Waals surface area contributed by atoms with Crippen molar-refractivity contribution in [1.29, 1.82) is 0 Å². The molecule has 0 N–H and O–H groups in total. The lowest BCUT2D eigenvalue weighted by Crippen LogP contribution is -2.37. The zero-order chi connectivity index (χ0) is 12.6. The Kier molecular flexibility index (Phi) is 3.13. The molecule has 1 aromatic rings. The monoisotopic (exact) mass is 242 g/mol. The molecular formula is C16H22Si. The van der Waals surface area contributed by atoms with Crippen LogP contribution in [0.4, 0.5) is 0 Å². The Hall–Kier alpha value is -1.08. The van der Waals surface area contributed by atoms with Gasteiger partial charge in [0.1, 0.15) is 0 Å². The third kappa shape index (κ3) is 1.93. The molecule has 2 rings (SSSR count). The average molecular weight is 242 g/mol. The smallest absolute Gasteiger partial charge is 0.0740 e.